The van der Waals surface area contributed by atoms with E-state index in [9.17, 15) is 0 Å². The van der Waals surface area contributed by atoms with Crippen LogP contribution in [0.4, 0.5) is 5.13 Å². The number of alkyl halides is 1. The molecule has 18 heavy (non-hydrogen) atoms. The Morgan fingerprint density at radius 1 is 1.17 bits per heavy atom. The number of piperidine rings is 1. The van der Waals surface area contributed by atoms with Crippen LogP contribution in [0.2, 0.25) is 0 Å². The summed E-state index contributed by atoms with van der Waals surface area (Å²) in [7, 11) is 0. The van der Waals surface area contributed by atoms with Crippen molar-refractivity contribution in [2.75, 3.05) is 4.90 Å². The predicted octanol–water partition coefficient (Wildman–Crippen LogP) is 4.03. The van der Waals surface area contributed by atoms with E-state index in [2.05, 4.69) is 29.2 Å². The standard InChI is InChI=1S/C14H15ClN2S/c15-9-7-10-5-6-11(8-9)17(10)14-16-12-3-1-2-4-13(12)18-14/h1-4,9-11H,5-8H2. The van der Waals surface area contributed by atoms with Crippen LogP contribution < -0.4 is 4.90 Å². The summed E-state index contributed by atoms with van der Waals surface area (Å²) in [4.78, 5) is 7.35. The average Bonchev–Trinajstić information content (AvgIpc) is 2.88. The van der Waals surface area contributed by atoms with Gasteiger partial charge in [-0.3, -0.25) is 0 Å². The van der Waals surface area contributed by atoms with Gasteiger partial charge >= 0.3 is 0 Å². The number of rotatable bonds is 1. The van der Waals surface area contributed by atoms with Gasteiger partial charge in [0.05, 0.1) is 10.2 Å². The first-order valence-corrected chi connectivity index (χ1v) is 7.84. The predicted molar refractivity (Wildman–Crippen MR) is 77.8 cm³/mol. The SMILES string of the molecule is ClC1CC2CCC(C1)N2c1nc2ccccc2s1. The largest absolute Gasteiger partial charge is 0.342 e. The fourth-order valence-electron chi connectivity index (χ4n) is 3.39. The molecule has 4 heteroatoms. The lowest BCUT2D eigenvalue weighted by atomic mass is 10.0. The zero-order valence-electron chi connectivity index (χ0n) is 10.1. The highest BCUT2D eigenvalue weighted by Gasteiger charge is 2.41. The van der Waals surface area contributed by atoms with Gasteiger partial charge in [-0.25, -0.2) is 4.98 Å². The lowest BCUT2D eigenvalue weighted by Crippen LogP contribution is -2.43. The highest BCUT2D eigenvalue weighted by molar-refractivity contribution is 7.22. The summed E-state index contributed by atoms with van der Waals surface area (Å²) in [5.41, 5.74) is 1.13. The van der Waals surface area contributed by atoms with Crippen molar-refractivity contribution in [2.24, 2.45) is 0 Å². The second-order valence-corrected chi connectivity index (χ2v) is 6.95. The normalized spacial score (nSPS) is 31.2. The molecular formula is C14H15ClN2S. The summed E-state index contributed by atoms with van der Waals surface area (Å²) in [5, 5.41) is 1.57. The van der Waals surface area contributed by atoms with Crippen molar-refractivity contribution in [3.63, 3.8) is 0 Å². The first-order chi connectivity index (χ1) is 8.81. The second-order valence-electron chi connectivity index (χ2n) is 5.33. The number of fused-ring (bicyclic) bond motifs is 3. The van der Waals surface area contributed by atoms with Crippen LogP contribution in [-0.4, -0.2) is 22.4 Å². The zero-order valence-corrected chi connectivity index (χ0v) is 11.6. The molecule has 2 nitrogen and oxygen atoms in total. The van der Waals surface area contributed by atoms with Gasteiger partial charge in [0.25, 0.3) is 0 Å². The van der Waals surface area contributed by atoms with E-state index in [4.69, 9.17) is 16.6 Å². The average molecular weight is 279 g/mol. The molecule has 2 aliphatic rings. The quantitative estimate of drug-likeness (QED) is 0.732. The molecule has 0 radical (unpaired) electrons. The minimum Gasteiger partial charge on any atom is -0.342 e. The van der Waals surface area contributed by atoms with Crippen molar-refractivity contribution >= 4 is 38.3 Å². The molecule has 2 bridgehead atoms. The van der Waals surface area contributed by atoms with Crippen LogP contribution in [-0.2, 0) is 0 Å². The number of benzene rings is 1. The highest BCUT2D eigenvalue weighted by Crippen LogP contribution is 2.43. The molecule has 94 valence electrons. The number of para-hydroxylation sites is 1. The lowest BCUT2D eigenvalue weighted by Gasteiger charge is -2.36. The monoisotopic (exact) mass is 278 g/mol. The highest BCUT2D eigenvalue weighted by atomic mass is 35.5. The number of hydrogen-bond donors (Lipinski definition) is 0. The Hall–Kier alpha value is -0.800. The van der Waals surface area contributed by atoms with Gasteiger partial charge in [0.1, 0.15) is 0 Å². The van der Waals surface area contributed by atoms with Crippen molar-refractivity contribution in [1.82, 2.24) is 4.98 Å². The molecule has 2 aromatic rings. The lowest BCUT2D eigenvalue weighted by molar-refractivity contribution is 0.474. The molecule has 2 saturated heterocycles. The Bertz CT molecular complexity index is 535. The molecule has 0 amide bonds. The molecule has 2 fully saturated rings. The van der Waals surface area contributed by atoms with Crippen LogP contribution >= 0.6 is 22.9 Å². The molecule has 4 rings (SSSR count). The molecular weight excluding hydrogens is 264 g/mol. The van der Waals surface area contributed by atoms with Crippen LogP contribution in [0.3, 0.4) is 0 Å². The maximum atomic E-state index is 6.33. The first kappa shape index (κ1) is 11.1. The summed E-state index contributed by atoms with van der Waals surface area (Å²) in [5.74, 6) is 0. The third-order valence-electron chi connectivity index (χ3n) is 4.18. The van der Waals surface area contributed by atoms with Gasteiger partial charge in [-0.05, 0) is 37.8 Å². The van der Waals surface area contributed by atoms with Gasteiger partial charge in [-0.15, -0.1) is 11.6 Å². The summed E-state index contributed by atoms with van der Waals surface area (Å²) in [6.45, 7) is 0. The first-order valence-electron chi connectivity index (χ1n) is 6.59. The number of halogens is 1. The van der Waals surface area contributed by atoms with Gasteiger partial charge in [0.15, 0.2) is 5.13 Å². The third-order valence-corrected chi connectivity index (χ3v) is 5.59. The van der Waals surface area contributed by atoms with Crippen molar-refractivity contribution in [1.29, 1.82) is 0 Å². The van der Waals surface area contributed by atoms with E-state index in [1.165, 1.54) is 22.7 Å². The number of hydrogen-bond acceptors (Lipinski definition) is 3. The van der Waals surface area contributed by atoms with Gasteiger partial charge in [0, 0.05) is 17.5 Å². The van der Waals surface area contributed by atoms with Crippen LogP contribution in [0.1, 0.15) is 25.7 Å². The maximum absolute atomic E-state index is 6.33. The van der Waals surface area contributed by atoms with Crippen molar-refractivity contribution in [2.45, 2.75) is 43.1 Å². The van der Waals surface area contributed by atoms with E-state index in [0.29, 0.717) is 17.5 Å². The van der Waals surface area contributed by atoms with E-state index < -0.39 is 0 Å². The van der Waals surface area contributed by atoms with Gasteiger partial charge in [-0.2, -0.15) is 0 Å². The number of thiazole rings is 1. The van der Waals surface area contributed by atoms with E-state index in [1.807, 2.05) is 11.3 Å². The Kier molecular flexibility index (Phi) is 2.52. The smallest absolute Gasteiger partial charge is 0.186 e. The summed E-state index contributed by atoms with van der Waals surface area (Å²) in [6.07, 6.45) is 4.80. The minimum atomic E-state index is 0.369. The molecule has 2 unspecified atom stereocenters. The minimum absolute atomic E-state index is 0.369. The Labute approximate surface area is 116 Å². The van der Waals surface area contributed by atoms with Crippen LogP contribution in [0, 0.1) is 0 Å². The van der Waals surface area contributed by atoms with Crippen molar-refractivity contribution in [3.05, 3.63) is 24.3 Å². The van der Waals surface area contributed by atoms with Gasteiger partial charge < -0.3 is 4.90 Å². The molecule has 1 aromatic heterocycles. The fourth-order valence-corrected chi connectivity index (χ4v) is 4.91. The molecule has 3 heterocycles. The molecule has 2 aliphatic heterocycles. The molecule has 0 spiro atoms. The maximum Gasteiger partial charge on any atom is 0.186 e. The molecule has 1 aromatic carbocycles. The van der Waals surface area contributed by atoms with Crippen LogP contribution in [0.25, 0.3) is 10.2 Å². The van der Waals surface area contributed by atoms with Crippen LogP contribution in [0.5, 0.6) is 0 Å². The number of aromatic nitrogens is 1. The molecule has 0 aliphatic carbocycles. The van der Waals surface area contributed by atoms with Gasteiger partial charge in [0.2, 0.25) is 0 Å². The van der Waals surface area contributed by atoms with Crippen molar-refractivity contribution < 1.29 is 0 Å². The number of anilines is 1. The topological polar surface area (TPSA) is 16.1 Å². The van der Waals surface area contributed by atoms with Gasteiger partial charge in [-0.1, -0.05) is 23.5 Å². The van der Waals surface area contributed by atoms with E-state index in [1.54, 1.807) is 0 Å². The molecule has 0 N–H and O–H groups in total. The Morgan fingerprint density at radius 2 is 1.89 bits per heavy atom. The number of nitrogens with zero attached hydrogens (tertiary/aromatic N) is 2. The summed E-state index contributed by atoms with van der Waals surface area (Å²) < 4.78 is 1.29. The Balaban J connectivity index is 1.74. The summed E-state index contributed by atoms with van der Waals surface area (Å²) in [6, 6.07) is 9.65. The van der Waals surface area contributed by atoms with E-state index in [-0.39, 0.29) is 0 Å². The van der Waals surface area contributed by atoms with Crippen molar-refractivity contribution in [3.8, 4) is 0 Å². The van der Waals surface area contributed by atoms with E-state index >= 15 is 0 Å². The molecule has 0 saturated carbocycles. The third kappa shape index (κ3) is 1.64. The van der Waals surface area contributed by atoms with Crippen LogP contribution in [0.15, 0.2) is 24.3 Å². The molecule has 2 atom stereocenters. The van der Waals surface area contributed by atoms with E-state index in [0.717, 1.165) is 18.4 Å². The fraction of sp³-hybridized carbons (Fsp3) is 0.500. The Morgan fingerprint density at radius 3 is 2.61 bits per heavy atom. The summed E-state index contributed by atoms with van der Waals surface area (Å²) >= 11 is 8.16. The zero-order chi connectivity index (χ0) is 12.1. The second kappa shape index (κ2) is 4.10.